The number of hydrogen-bond acceptors (Lipinski definition) is 1. The maximum absolute atomic E-state index is 2.61. The molecule has 2 atom stereocenters. The fourth-order valence-corrected chi connectivity index (χ4v) is 10.4. The molecule has 0 saturated heterocycles. The lowest BCUT2D eigenvalue weighted by molar-refractivity contribution is 0.726. The summed E-state index contributed by atoms with van der Waals surface area (Å²) in [5.41, 5.74) is 15.3. The van der Waals surface area contributed by atoms with Crippen molar-refractivity contribution in [3.63, 3.8) is 0 Å². The minimum atomic E-state index is 0.133. The third-order valence-electron chi connectivity index (χ3n) is 13.0. The summed E-state index contributed by atoms with van der Waals surface area (Å²) in [6.45, 7) is 2.27. The van der Waals surface area contributed by atoms with E-state index in [0.29, 0.717) is 0 Å². The molecule has 0 radical (unpaired) electrons. The minimum Gasteiger partial charge on any atom is -0.333 e. The Hall–Kier alpha value is -7.16. The summed E-state index contributed by atoms with van der Waals surface area (Å²) < 4.78 is 2.49. The Kier molecular flexibility index (Phi) is 7.74. The van der Waals surface area contributed by atoms with E-state index in [2.05, 4.69) is 217 Å². The molecule has 2 aliphatic rings. The predicted molar refractivity (Wildman–Crippen MR) is 250 cm³/mol. The Labute approximate surface area is 344 Å². The quantitative estimate of drug-likeness (QED) is 0.154. The zero-order valence-corrected chi connectivity index (χ0v) is 33.0. The maximum atomic E-state index is 2.61. The highest BCUT2D eigenvalue weighted by Gasteiger charge is 2.43. The second-order valence-corrected chi connectivity index (χ2v) is 16.3. The molecule has 2 heteroatoms. The van der Waals surface area contributed by atoms with Crippen LogP contribution in [0.1, 0.15) is 41.6 Å². The topological polar surface area (TPSA) is 8.17 Å². The van der Waals surface area contributed by atoms with Crippen LogP contribution in [0.5, 0.6) is 0 Å². The molecule has 1 aliphatic carbocycles. The smallest absolute Gasteiger partial charge is 0.0637 e. The van der Waals surface area contributed by atoms with Crippen LogP contribution >= 0.6 is 0 Å². The van der Waals surface area contributed by atoms with Gasteiger partial charge in [-0.05, 0) is 120 Å². The van der Waals surface area contributed by atoms with Crippen LogP contribution in [-0.2, 0) is 6.42 Å². The van der Waals surface area contributed by atoms with Gasteiger partial charge in [-0.15, -0.1) is 0 Å². The van der Waals surface area contributed by atoms with Gasteiger partial charge in [0.05, 0.1) is 17.3 Å². The van der Waals surface area contributed by atoms with Gasteiger partial charge in [0.1, 0.15) is 0 Å². The van der Waals surface area contributed by atoms with Crippen LogP contribution in [0, 0.1) is 0 Å². The van der Waals surface area contributed by atoms with E-state index in [9.17, 15) is 0 Å². The molecule has 2 nitrogen and oxygen atoms in total. The standard InChI is InChI=1S/C57H42N2/c1-2-13-37-24-30-46-44-18-6-7-19-45(44)51-36-43(29-31-47(51)50(46)34-37)59-53-23-11-9-21-49(53)57-55(59)33-32-54-56(57)48-20-8-10-22-52(48)58(54)42-17-12-16-41(35-42)40-27-25-39(26-28-40)38-14-4-3-5-15-38/h3-12,14-36,55,57H,2,13H2,1H3. The van der Waals surface area contributed by atoms with Crippen molar-refractivity contribution in [1.29, 1.82) is 0 Å². The van der Waals surface area contributed by atoms with Gasteiger partial charge in [-0.1, -0.05) is 171 Å². The van der Waals surface area contributed by atoms with Crippen LogP contribution in [0.15, 0.2) is 194 Å². The van der Waals surface area contributed by atoms with Gasteiger partial charge in [0.15, 0.2) is 0 Å². The largest absolute Gasteiger partial charge is 0.333 e. The fourth-order valence-electron chi connectivity index (χ4n) is 10.4. The number of nitrogens with zero attached hydrogens (tertiary/aromatic N) is 2. The third kappa shape index (κ3) is 5.26. The molecular weight excluding hydrogens is 713 g/mol. The van der Waals surface area contributed by atoms with Gasteiger partial charge < -0.3 is 9.47 Å². The number of anilines is 2. The first-order valence-electron chi connectivity index (χ1n) is 21.1. The van der Waals surface area contributed by atoms with E-state index in [1.165, 1.54) is 105 Å². The predicted octanol–water partition coefficient (Wildman–Crippen LogP) is 15.1. The molecule has 12 rings (SSSR count). The molecule has 0 bridgehead atoms. The number of benzene rings is 9. The third-order valence-corrected chi connectivity index (χ3v) is 13.0. The van der Waals surface area contributed by atoms with Gasteiger partial charge in [0.2, 0.25) is 0 Å². The highest BCUT2D eigenvalue weighted by molar-refractivity contribution is 6.26. The van der Waals surface area contributed by atoms with Crippen LogP contribution in [0.4, 0.5) is 11.4 Å². The summed E-state index contributed by atoms with van der Waals surface area (Å²) in [7, 11) is 0. The van der Waals surface area contributed by atoms with E-state index < -0.39 is 0 Å². The van der Waals surface area contributed by atoms with Gasteiger partial charge >= 0.3 is 0 Å². The molecule has 9 aromatic carbocycles. The first kappa shape index (κ1) is 33.9. The Bertz CT molecular complexity index is 3290. The maximum Gasteiger partial charge on any atom is 0.0637 e. The van der Waals surface area contributed by atoms with Crippen molar-refractivity contribution in [1.82, 2.24) is 4.57 Å². The van der Waals surface area contributed by atoms with Gasteiger partial charge in [0, 0.05) is 28.4 Å². The molecule has 2 heterocycles. The lowest BCUT2D eigenvalue weighted by Crippen LogP contribution is -2.30. The number of para-hydroxylation sites is 2. The average molecular weight is 755 g/mol. The number of aromatic nitrogens is 1. The number of aryl methyl sites for hydroxylation is 1. The van der Waals surface area contributed by atoms with E-state index >= 15 is 0 Å². The van der Waals surface area contributed by atoms with Gasteiger partial charge in [-0.3, -0.25) is 0 Å². The van der Waals surface area contributed by atoms with Crippen molar-refractivity contribution in [2.75, 3.05) is 4.90 Å². The summed E-state index contributed by atoms with van der Waals surface area (Å²) in [5.74, 6) is 0.173. The monoisotopic (exact) mass is 754 g/mol. The summed E-state index contributed by atoms with van der Waals surface area (Å²) >= 11 is 0. The van der Waals surface area contributed by atoms with Crippen LogP contribution in [0.25, 0.3) is 77.2 Å². The summed E-state index contributed by atoms with van der Waals surface area (Å²) in [6.07, 6.45) is 7.10. The molecular formula is C57H42N2. The molecule has 0 amide bonds. The fraction of sp³-hybridized carbons (Fsp3) is 0.0877. The summed E-state index contributed by atoms with van der Waals surface area (Å²) in [5, 5.41) is 9.25. The van der Waals surface area contributed by atoms with E-state index in [4.69, 9.17) is 0 Å². The molecule has 2 unspecified atom stereocenters. The Morgan fingerprint density at radius 1 is 0.458 bits per heavy atom. The molecule has 0 spiro atoms. The average Bonchev–Trinajstić information content (AvgIpc) is 3.82. The zero-order chi connectivity index (χ0) is 39.0. The van der Waals surface area contributed by atoms with Crippen molar-refractivity contribution < 1.29 is 0 Å². The molecule has 0 N–H and O–H groups in total. The van der Waals surface area contributed by atoms with Crippen molar-refractivity contribution in [3.8, 4) is 27.9 Å². The Balaban J connectivity index is 0.994. The van der Waals surface area contributed by atoms with Crippen LogP contribution in [0.3, 0.4) is 0 Å². The van der Waals surface area contributed by atoms with E-state index in [1.54, 1.807) is 0 Å². The van der Waals surface area contributed by atoms with Crippen molar-refractivity contribution in [2.45, 2.75) is 31.7 Å². The van der Waals surface area contributed by atoms with E-state index in [1.807, 2.05) is 0 Å². The molecule has 0 fully saturated rings. The molecule has 10 aromatic rings. The van der Waals surface area contributed by atoms with Crippen LogP contribution in [0.2, 0.25) is 0 Å². The number of rotatable bonds is 6. The number of hydrogen-bond donors (Lipinski definition) is 0. The lowest BCUT2D eigenvalue weighted by atomic mass is 9.82. The SMILES string of the molecule is CCCc1ccc2c3ccccc3c3cc(N4c5ccccc5C5c6c(n(-c7cccc(-c8ccc(-c9ccccc9)cc8)c7)c7ccccc67)C=CC54)ccc3c2c1. The zero-order valence-electron chi connectivity index (χ0n) is 33.0. The first-order valence-corrected chi connectivity index (χ1v) is 21.1. The number of fused-ring (bicyclic) bond motifs is 13. The highest BCUT2D eigenvalue weighted by Crippen LogP contribution is 2.54. The van der Waals surface area contributed by atoms with E-state index in [0.717, 1.165) is 12.8 Å². The van der Waals surface area contributed by atoms with E-state index in [-0.39, 0.29) is 12.0 Å². The second-order valence-electron chi connectivity index (χ2n) is 16.3. The Morgan fingerprint density at radius 3 is 1.92 bits per heavy atom. The van der Waals surface area contributed by atoms with Gasteiger partial charge in [0.25, 0.3) is 0 Å². The molecule has 1 aromatic heterocycles. The Morgan fingerprint density at radius 2 is 1.08 bits per heavy atom. The van der Waals surface area contributed by atoms with Crippen LogP contribution < -0.4 is 4.90 Å². The lowest BCUT2D eigenvalue weighted by Gasteiger charge is -2.31. The van der Waals surface area contributed by atoms with Crippen molar-refractivity contribution in [3.05, 3.63) is 217 Å². The normalized spacial score (nSPS) is 15.6. The minimum absolute atomic E-state index is 0.133. The molecule has 1 aliphatic heterocycles. The van der Waals surface area contributed by atoms with Gasteiger partial charge in [-0.25, -0.2) is 0 Å². The highest BCUT2D eigenvalue weighted by atomic mass is 15.2. The molecule has 0 saturated carbocycles. The first-order chi connectivity index (χ1) is 29.2. The molecule has 280 valence electrons. The molecule has 59 heavy (non-hydrogen) atoms. The van der Waals surface area contributed by atoms with Crippen molar-refractivity contribution >= 4 is 60.7 Å². The van der Waals surface area contributed by atoms with Gasteiger partial charge in [-0.2, -0.15) is 0 Å². The summed E-state index contributed by atoms with van der Waals surface area (Å²) in [6, 6.07) is 70.2. The summed E-state index contributed by atoms with van der Waals surface area (Å²) in [4.78, 5) is 2.61. The van der Waals surface area contributed by atoms with Crippen LogP contribution in [-0.4, -0.2) is 10.6 Å². The second kappa shape index (κ2) is 13.5. The van der Waals surface area contributed by atoms with Crippen molar-refractivity contribution in [2.24, 2.45) is 0 Å².